The van der Waals surface area contributed by atoms with E-state index in [9.17, 15) is 4.79 Å². The first-order chi connectivity index (χ1) is 9.72. The summed E-state index contributed by atoms with van der Waals surface area (Å²) in [5.74, 6) is 0. The van der Waals surface area contributed by atoms with E-state index in [1.807, 2.05) is 12.1 Å². The molecule has 2 aromatic rings. The van der Waals surface area contributed by atoms with Crippen molar-refractivity contribution in [3.8, 4) is 0 Å². The molecule has 0 unspecified atom stereocenters. The van der Waals surface area contributed by atoms with Crippen LogP contribution in [0.5, 0.6) is 0 Å². The smallest absolute Gasteiger partial charge is 0.283 e. The largest absolute Gasteiger partial charge is 0.379 e. The van der Waals surface area contributed by atoms with Gasteiger partial charge in [-0.25, -0.2) is 4.68 Å². The Morgan fingerprint density at radius 3 is 2.80 bits per heavy atom. The van der Waals surface area contributed by atoms with Crippen LogP contribution in [0, 0.1) is 0 Å². The molecule has 0 aromatic carbocycles. The third kappa shape index (κ3) is 3.66. The second-order valence-corrected chi connectivity index (χ2v) is 5.26. The van der Waals surface area contributed by atoms with Crippen LogP contribution < -0.4 is 10.9 Å². The summed E-state index contributed by atoms with van der Waals surface area (Å²) in [5.41, 5.74) is 1.71. The minimum Gasteiger partial charge on any atom is -0.379 e. The second-order valence-electron chi connectivity index (χ2n) is 4.46. The molecule has 2 aromatic heterocycles. The van der Waals surface area contributed by atoms with Gasteiger partial charge >= 0.3 is 0 Å². The van der Waals surface area contributed by atoms with Gasteiger partial charge in [-0.05, 0) is 40.0 Å². The third-order valence-corrected chi connectivity index (χ3v) is 3.71. The van der Waals surface area contributed by atoms with E-state index in [-0.39, 0.29) is 5.56 Å². The number of pyridine rings is 1. The molecule has 0 saturated carbocycles. The van der Waals surface area contributed by atoms with Crippen LogP contribution in [0.3, 0.4) is 0 Å². The summed E-state index contributed by atoms with van der Waals surface area (Å²) in [7, 11) is 0. The maximum atomic E-state index is 12.1. The van der Waals surface area contributed by atoms with E-state index in [2.05, 4.69) is 38.3 Å². The highest BCUT2D eigenvalue weighted by molar-refractivity contribution is 9.10. The van der Waals surface area contributed by atoms with Gasteiger partial charge in [-0.1, -0.05) is 13.3 Å². The standard InChI is InChI=1S/C14H17BrN4O/c1-2-3-8-19-14(20)13(15)12(10-18-19)17-9-11-4-6-16-7-5-11/h4-7,10,17H,2-3,8-9H2,1H3. The van der Waals surface area contributed by atoms with E-state index in [0.29, 0.717) is 23.2 Å². The Morgan fingerprint density at radius 2 is 2.10 bits per heavy atom. The molecule has 6 heteroatoms. The van der Waals surface area contributed by atoms with Crippen molar-refractivity contribution in [1.29, 1.82) is 0 Å². The zero-order valence-corrected chi connectivity index (χ0v) is 12.9. The predicted molar refractivity (Wildman–Crippen MR) is 82.7 cm³/mol. The quantitative estimate of drug-likeness (QED) is 0.881. The number of rotatable bonds is 6. The van der Waals surface area contributed by atoms with Crippen LogP contribution in [-0.2, 0) is 13.1 Å². The van der Waals surface area contributed by atoms with E-state index in [1.54, 1.807) is 18.6 Å². The lowest BCUT2D eigenvalue weighted by Gasteiger charge is -2.10. The van der Waals surface area contributed by atoms with Crippen LogP contribution in [-0.4, -0.2) is 14.8 Å². The fourth-order valence-electron chi connectivity index (χ4n) is 1.75. The number of hydrogen-bond acceptors (Lipinski definition) is 4. The van der Waals surface area contributed by atoms with Gasteiger partial charge in [0.1, 0.15) is 4.47 Å². The first kappa shape index (κ1) is 14.7. The van der Waals surface area contributed by atoms with Gasteiger partial charge in [-0.2, -0.15) is 5.10 Å². The Kier molecular flexibility index (Phi) is 5.29. The number of halogens is 1. The number of unbranched alkanes of at least 4 members (excludes halogenated alkanes) is 1. The molecule has 2 rings (SSSR count). The van der Waals surface area contributed by atoms with Gasteiger partial charge in [0.05, 0.1) is 11.9 Å². The highest BCUT2D eigenvalue weighted by atomic mass is 79.9. The number of anilines is 1. The third-order valence-electron chi connectivity index (χ3n) is 2.94. The molecule has 0 aliphatic heterocycles. The molecule has 5 nitrogen and oxygen atoms in total. The Labute approximate surface area is 126 Å². The maximum absolute atomic E-state index is 12.1. The number of nitrogens with zero attached hydrogens (tertiary/aromatic N) is 3. The van der Waals surface area contributed by atoms with Gasteiger partial charge in [0.2, 0.25) is 0 Å². The first-order valence-electron chi connectivity index (χ1n) is 6.60. The average Bonchev–Trinajstić information content (AvgIpc) is 2.49. The normalized spacial score (nSPS) is 10.5. The van der Waals surface area contributed by atoms with Gasteiger partial charge in [0.25, 0.3) is 5.56 Å². The lowest BCUT2D eigenvalue weighted by molar-refractivity contribution is 0.541. The van der Waals surface area contributed by atoms with E-state index in [1.165, 1.54) is 4.68 Å². The molecule has 0 amide bonds. The number of hydrogen-bond donors (Lipinski definition) is 1. The Bertz CT molecular complexity index is 612. The van der Waals surface area contributed by atoms with Crippen LogP contribution in [0.2, 0.25) is 0 Å². The molecule has 0 atom stereocenters. The molecule has 1 N–H and O–H groups in total. The summed E-state index contributed by atoms with van der Waals surface area (Å²) in [6.07, 6.45) is 7.15. The molecule has 20 heavy (non-hydrogen) atoms. The van der Waals surface area contributed by atoms with E-state index < -0.39 is 0 Å². The predicted octanol–water partition coefficient (Wildman–Crippen LogP) is 2.81. The molecule has 0 bridgehead atoms. The van der Waals surface area contributed by atoms with Crippen molar-refractivity contribution in [3.63, 3.8) is 0 Å². The highest BCUT2D eigenvalue weighted by Gasteiger charge is 2.08. The van der Waals surface area contributed by atoms with E-state index >= 15 is 0 Å². The van der Waals surface area contributed by atoms with Gasteiger partial charge in [-0.15, -0.1) is 0 Å². The van der Waals surface area contributed by atoms with Gasteiger partial charge in [0.15, 0.2) is 0 Å². The summed E-state index contributed by atoms with van der Waals surface area (Å²) in [6.45, 7) is 3.37. The summed E-state index contributed by atoms with van der Waals surface area (Å²) in [5, 5.41) is 7.39. The van der Waals surface area contributed by atoms with Crippen LogP contribution in [0.1, 0.15) is 25.3 Å². The molecular weight excluding hydrogens is 320 g/mol. The minimum atomic E-state index is -0.0989. The Hall–Kier alpha value is -1.69. The van der Waals surface area contributed by atoms with Crippen molar-refractivity contribution in [1.82, 2.24) is 14.8 Å². The zero-order chi connectivity index (χ0) is 14.4. The summed E-state index contributed by atoms with van der Waals surface area (Å²) < 4.78 is 2.02. The van der Waals surface area contributed by atoms with Crippen LogP contribution in [0.15, 0.2) is 40.0 Å². The van der Waals surface area contributed by atoms with Crippen molar-refractivity contribution >= 4 is 21.6 Å². The zero-order valence-electron chi connectivity index (χ0n) is 11.3. The van der Waals surface area contributed by atoms with Crippen LogP contribution >= 0.6 is 15.9 Å². The molecule has 0 aliphatic rings. The van der Waals surface area contributed by atoms with Crippen LogP contribution in [0.4, 0.5) is 5.69 Å². The molecular formula is C14H17BrN4O. The van der Waals surface area contributed by atoms with Crippen molar-refractivity contribution in [2.45, 2.75) is 32.9 Å². The van der Waals surface area contributed by atoms with Crippen LogP contribution in [0.25, 0.3) is 0 Å². The Balaban J connectivity index is 2.09. The fraction of sp³-hybridized carbons (Fsp3) is 0.357. The van der Waals surface area contributed by atoms with E-state index in [0.717, 1.165) is 18.4 Å². The minimum absolute atomic E-state index is 0.0989. The molecule has 106 valence electrons. The molecule has 0 saturated heterocycles. The topological polar surface area (TPSA) is 59.8 Å². The van der Waals surface area contributed by atoms with Crippen molar-refractivity contribution in [2.75, 3.05) is 5.32 Å². The summed E-state index contributed by atoms with van der Waals surface area (Å²) >= 11 is 3.35. The highest BCUT2D eigenvalue weighted by Crippen LogP contribution is 2.17. The first-order valence-corrected chi connectivity index (χ1v) is 7.40. The summed E-state index contributed by atoms with van der Waals surface area (Å²) in [6, 6.07) is 3.85. The molecule has 0 aliphatic carbocycles. The number of aryl methyl sites for hydroxylation is 1. The van der Waals surface area contributed by atoms with Gasteiger partial charge < -0.3 is 5.32 Å². The second kappa shape index (κ2) is 7.19. The molecule has 0 radical (unpaired) electrons. The summed E-state index contributed by atoms with van der Waals surface area (Å²) in [4.78, 5) is 16.1. The molecule has 0 spiro atoms. The van der Waals surface area contributed by atoms with Crippen molar-refractivity contribution in [2.24, 2.45) is 0 Å². The monoisotopic (exact) mass is 336 g/mol. The lowest BCUT2D eigenvalue weighted by atomic mass is 10.2. The Morgan fingerprint density at radius 1 is 1.35 bits per heavy atom. The number of nitrogens with one attached hydrogen (secondary N) is 1. The lowest BCUT2D eigenvalue weighted by Crippen LogP contribution is -2.24. The fourth-order valence-corrected chi connectivity index (χ4v) is 2.20. The van der Waals surface area contributed by atoms with Crippen molar-refractivity contribution < 1.29 is 0 Å². The van der Waals surface area contributed by atoms with Crippen molar-refractivity contribution in [3.05, 3.63) is 51.1 Å². The SMILES string of the molecule is CCCCn1ncc(NCc2ccncc2)c(Br)c1=O. The van der Waals surface area contributed by atoms with Gasteiger partial charge in [-0.3, -0.25) is 9.78 Å². The number of aromatic nitrogens is 3. The maximum Gasteiger partial charge on any atom is 0.283 e. The van der Waals surface area contributed by atoms with Gasteiger partial charge in [0, 0.05) is 25.5 Å². The van der Waals surface area contributed by atoms with E-state index in [4.69, 9.17) is 0 Å². The molecule has 2 heterocycles. The molecule has 0 fully saturated rings. The average molecular weight is 337 g/mol.